The predicted octanol–water partition coefficient (Wildman–Crippen LogP) is 4.25. The number of rotatable bonds is 6. The highest BCUT2D eigenvalue weighted by Gasteiger charge is 2.49. The van der Waals surface area contributed by atoms with Crippen molar-refractivity contribution in [2.24, 2.45) is 5.41 Å². The van der Waals surface area contributed by atoms with Crippen LogP contribution in [0.25, 0.3) is 0 Å². The fourth-order valence-electron chi connectivity index (χ4n) is 5.75. The average molecular weight is 542 g/mol. The summed E-state index contributed by atoms with van der Waals surface area (Å²) in [7, 11) is 0. The number of pyridine rings is 1. The lowest BCUT2D eigenvalue weighted by Crippen LogP contribution is -2.53. The summed E-state index contributed by atoms with van der Waals surface area (Å²) in [6, 6.07) is 9.66. The van der Waals surface area contributed by atoms with Crippen LogP contribution in [0.5, 0.6) is 11.5 Å². The summed E-state index contributed by atoms with van der Waals surface area (Å²) >= 11 is 3.51. The van der Waals surface area contributed by atoms with E-state index in [1.165, 1.54) is 0 Å². The van der Waals surface area contributed by atoms with E-state index < -0.39 is 0 Å². The molecule has 1 aromatic carbocycles. The molecule has 1 N–H and O–H groups in total. The molecule has 5 aliphatic rings. The van der Waals surface area contributed by atoms with Gasteiger partial charge in [0.05, 0.1) is 17.9 Å². The minimum atomic E-state index is -0.167. The Balaban J connectivity index is 1.07. The number of benzene rings is 1. The Kier molecular flexibility index (Phi) is 5.72. The normalized spacial score (nSPS) is 26.9. The van der Waals surface area contributed by atoms with Crippen LogP contribution in [-0.4, -0.2) is 48.8 Å². The number of ether oxygens (including phenoxy) is 3. The number of aryl methyl sites for hydroxylation is 1. The SMILES string of the molecule is O=C1COc2ccc(CCC34CCC(CCN5C(=O)COc6ccc(Br)cc65)(CC3)OC4)nc2N1. The van der Waals surface area contributed by atoms with E-state index in [4.69, 9.17) is 14.2 Å². The quantitative estimate of drug-likeness (QED) is 0.587. The topological polar surface area (TPSA) is 90.0 Å². The van der Waals surface area contributed by atoms with Gasteiger partial charge in [-0.2, -0.15) is 0 Å². The van der Waals surface area contributed by atoms with Gasteiger partial charge in [0.1, 0.15) is 5.75 Å². The molecule has 1 saturated carbocycles. The first-order valence-corrected chi connectivity index (χ1v) is 13.0. The van der Waals surface area contributed by atoms with Gasteiger partial charge >= 0.3 is 0 Å². The first-order chi connectivity index (χ1) is 16.9. The number of nitrogens with zero attached hydrogens (tertiary/aromatic N) is 2. The van der Waals surface area contributed by atoms with Crippen LogP contribution >= 0.6 is 15.9 Å². The second-order valence-electron chi connectivity index (χ2n) is 10.2. The molecular weight excluding hydrogens is 514 g/mol. The summed E-state index contributed by atoms with van der Waals surface area (Å²) in [6.45, 7) is 1.50. The van der Waals surface area contributed by atoms with E-state index in [-0.39, 0.29) is 36.0 Å². The molecule has 0 atom stereocenters. The third kappa shape index (κ3) is 4.40. The van der Waals surface area contributed by atoms with Crippen LogP contribution in [0.3, 0.4) is 0 Å². The molecule has 2 saturated heterocycles. The minimum Gasteiger partial charge on any atom is -0.482 e. The number of carbonyl (C=O) groups is 2. The highest BCUT2D eigenvalue weighted by atomic mass is 79.9. The maximum atomic E-state index is 12.6. The molecule has 0 unspecified atom stereocenters. The smallest absolute Gasteiger partial charge is 0.265 e. The van der Waals surface area contributed by atoms with Crippen molar-refractivity contribution in [1.82, 2.24) is 4.98 Å². The minimum absolute atomic E-state index is 0.00731. The standard InChI is InChI=1S/C26H28BrN3O5/c27-17-1-3-20-19(13-17)30(23(32)15-34-20)12-11-26-9-7-25(8-10-26,16-35-26)6-5-18-2-4-21-24(28-18)29-22(31)14-33-21/h1-4,13H,5-12,14-16H2,(H,28,29,31). The van der Waals surface area contributed by atoms with E-state index in [0.29, 0.717) is 18.1 Å². The first kappa shape index (κ1) is 22.8. The van der Waals surface area contributed by atoms with Crippen LogP contribution in [0.15, 0.2) is 34.8 Å². The number of hydrogen-bond donors (Lipinski definition) is 1. The zero-order chi connectivity index (χ0) is 24.0. The van der Waals surface area contributed by atoms with E-state index >= 15 is 0 Å². The van der Waals surface area contributed by atoms with Crippen molar-refractivity contribution in [3.8, 4) is 11.5 Å². The van der Waals surface area contributed by atoms with Crippen LogP contribution in [0.4, 0.5) is 11.5 Å². The lowest BCUT2D eigenvalue weighted by atomic mass is 9.63. The third-order valence-electron chi connectivity index (χ3n) is 8.01. The molecule has 184 valence electrons. The fourth-order valence-corrected chi connectivity index (χ4v) is 6.10. The number of nitrogens with one attached hydrogen (secondary N) is 1. The van der Waals surface area contributed by atoms with E-state index in [0.717, 1.165) is 73.2 Å². The maximum absolute atomic E-state index is 12.6. The summed E-state index contributed by atoms with van der Waals surface area (Å²) in [5.74, 6) is 1.72. The zero-order valence-corrected chi connectivity index (χ0v) is 21.1. The number of amides is 2. The Morgan fingerprint density at radius 3 is 2.60 bits per heavy atom. The molecule has 5 heterocycles. The number of anilines is 2. The molecule has 1 aliphatic carbocycles. The van der Waals surface area contributed by atoms with Crippen LogP contribution in [0.2, 0.25) is 0 Å². The van der Waals surface area contributed by atoms with Crippen molar-refractivity contribution < 1.29 is 23.8 Å². The van der Waals surface area contributed by atoms with Crippen LogP contribution in [0, 0.1) is 5.41 Å². The fraction of sp³-hybridized carbons (Fsp3) is 0.500. The number of fused-ring (bicyclic) bond motifs is 5. The Bertz CT molecular complexity index is 1160. The van der Waals surface area contributed by atoms with Gasteiger partial charge in [0.25, 0.3) is 11.8 Å². The monoisotopic (exact) mass is 541 g/mol. The Morgan fingerprint density at radius 2 is 1.80 bits per heavy atom. The molecule has 2 aromatic rings. The number of halogens is 1. The van der Waals surface area contributed by atoms with Gasteiger partial charge in [-0.25, -0.2) is 4.98 Å². The van der Waals surface area contributed by atoms with Crippen molar-refractivity contribution in [3.05, 3.63) is 40.5 Å². The van der Waals surface area contributed by atoms with Crippen molar-refractivity contribution in [1.29, 1.82) is 0 Å². The van der Waals surface area contributed by atoms with Gasteiger partial charge in [-0.15, -0.1) is 0 Å². The molecule has 2 amide bonds. The van der Waals surface area contributed by atoms with Crippen molar-refractivity contribution >= 4 is 39.2 Å². The van der Waals surface area contributed by atoms with Crippen LogP contribution in [0.1, 0.15) is 44.2 Å². The van der Waals surface area contributed by atoms with Gasteiger partial charge in [-0.3, -0.25) is 9.59 Å². The third-order valence-corrected chi connectivity index (χ3v) is 8.50. The summed E-state index contributed by atoms with van der Waals surface area (Å²) < 4.78 is 18.5. The largest absolute Gasteiger partial charge is 0.482 e. The van der Waals surface area contributed by atoms with Crippen molar-refractivity contribution in [2.75, 3.05) is 36.6 Å². The molecule has 0 radical (unpaired) electrons. The molecule has 7 rings (SSSR count). The van der Waals surface area contributed by atoms with E-state index in [1.807, 2.05) is 35.2 Å². The van der Waals surface area contributed by atoms with Crippen LogP contribution in [-0.2, 0) is 20.7 Å². The molecular formula is C26H28BrN3O5. The molecule has 35 heavy (non-hydrogen) atoms. The Morgan fingerprint density at radius 1 is 1.00 bits per heavy atom. The van der Waals surface area contributed by atoms with Gasteiger partial charge < -0.3 is 24.4 Å². The molecule has 1 aromatic heterocycles. The van der Waals surface area contributed by atoms with Gasteiger partial charge in [0.15, 0.2) is 24.8 Å². The number of hydrogen-bond acceptors (Lipinski definition) is 6. The first-order valence-electron chi connectivity index (χ1n) is 12.2. The van der Waals surface area contributed by atoms with Gasteiger partial charge in [-0.1, -0.05) is 15.9 Å². The Hall–Kier alpha value is -2.65. The van der Waals surface area contributed by atoms with Crippen LogP contribution < -0.4 is 19.7 Å². The predicted molar refractivity (Wildman–Crippen MR) is 133 cm³/mol. The molecule has 8 nitrogen and oxygen atoms in total. The molecule has 3 fully saturated rings. The number of aromatic nitrogens is 1. The second-order valence-corrected chi connectivity index (χ2v) is 11.1. The summed E-state index contributed by atoms with van der Waals surface area (Å²) in [6.07, 6.45) is 6.94. The maximum Gasteiger partial charge on any atom is 0.265 e. The lowest BCUT2D eigenvalue weighted by molar-refractivity contribution is -0.187. The zero-order valence-electron chi connectivity index (χ0n) is 19.5. The molecule has 4 aliphatic heterocycles. The summed E-state index contributed by atoms with van der Waals surface area (Å²) in [5.41, 5.74) is 1.80. The highest BCUT2D eigenvalue weighted by molar-refractivity contribution is 9.10. The Labute approximate surface area is 212 Å². The van der Waals surface area contributed by atoms with Crippen molar-refractivity contribution in [2.45, 2.75) is 50.5 Å². The van der Waals surface area contributed by atoms with E-state index in [1.54, 1.807) is 0 Å². The highest BCUT2D eigenvalue weighted by Crippen LogP contribution is 2.52. The van der Waals surface area contributed by atoms with Crippen molar-refractivity contribution in [3.63, 3.8) is 0 Å². The molecule has 2 bridgehead atoms. The summed E-state index contributed by atoms with van der Waals surface area (Å²) in [5, 5.41) is 2.79. The molecule has 0 spiro atoms. The van der Waals surface area contributed by atoms with Gasteiger partial charge in [-0.05, 0) is 80.7 Å². The molecule has 9 heteroatoms. The van der Waals surface area contributed by atoms with Gasteiger partial charge in [0.2, 0.25) is 0 Å². The van der Waals surface area contributed by atoms with E-state index in [2.05, 4.69) is 26.2 Å². The number of carbonyl (C=O) groups excluding carboxylic acids is 2. The lowest BCUT2D eigenvalue weighted by Gasteiger charge is -2.54. The second kappa shape index (κ2) is 8.78. The average Bonchev–Trinajstić information content (AvgIpc) is 2.88. The van der Waals surface area contributed by atoms with E-state index in [9.17, 15) is 9.59 Å². The van der Waals surface area contributed by atoms with Gasteiger partial charge in [0, 0.05) is 16.7 Å². The summed E-state index contributed by atoms with van der Waals surface area (Å²) in [4.78, 5) is 30.7.